The molecule has 3 aliphatic rings. The number of fused-ring (bicyclic) bond motifs is 1. The van der Waals surface area contributed by atoms with E-state index in [1.807, 2.05) is 6.92 Å². The molecule has 8 nitrogen and oxygen atoms in total. The Morgan fingerprint density at radius 2 is 1.89 bits per heavy atom. The minimum absolute atomic E-state index is 0.133. The van der Waals surface area contributed by atoms with Crippen molar-refractivity contribution in [1.29, 1.82) is 0 Å². The number of esters is 1. The molecule has 3 aliphatic heterocycles. The molecule has 4 rings (SSSR count). The highest BCUT2D eigenvalue weighted by atomic mass is 35.5. The predicted octanol–water partition coefficient (Wildman–Crippen LogP) is 3.55. The quantitative estimate of drug-likeness (QED) is 0.351. The normalized spacial score (nSPS) is 31.0. The second-order valence-electron chi connectivity index (χ2n) is 9.75. The van der Waals surface area contributed by atoms with Gasteiger partial charge in [0.15, 0.2) is 0 Å². The molecule has 0 radical (unpaired) electrons. The second kappa shape index (κ2) is 10.4. The molecular weight excluding hydrogens is 472 g/mol. The number of anilines is 1. The van der Waals surface area contributed by atoms with E-state index in [2.05, 4.69) is 5.32 Å². The summed E-state index contributed by atoms with van der Waals surface area (Å²) in [6, 6.07) is 5.97. The number of rotatable bonds is 11. The first-order valence-corrected chi connectivity index (χ1v) is 13.1. The van der Waals surface area contributed by atoms with E-state index < -0.39 is 35.0 Å². The van der Waals surface area contributed by atoms with E-state index in [1.54, 1.807) is 36.1 Å². The maximum Gasteiger partial charge on any atom is 0.312 e. The average molecular weight is 507 g/mol. The third-order valence-corrected chi connectivity index (χ3v) is 8.14. The van der Waals surface area contributed by atoms with Crippen LogP contribution in [0, 0.1) is 11.8 Å². The first-order chi connectivity index (χ1) is 16.8. The number of ether oxygens (including phenoxy) is 2. The summed E-state index contributed by atoms with van der Waals surface area (Å²) in [7, 11) is 0. The van der Waals surface area contributed by atoms with Gasteiger partial charge in [-0.2, -0.15) is 0 Å². The van der Waals surface area contributed by atoms with Crippen molar-refractivity contribution in [2.75, 3.05) is 25.1 Å². The summed E-state index contributed by atoms with van der Waals surface area (Å²) in [6.07, 6.45) is 4.77. The number of nitrogens with zero attached hydrogens (tertiary/aromatic N) is 1. The third-order valence-electron chi connectivity index (χ3n) is 7.89. The lowest BCUT2D eigenvalue weighted by Crippen LogP contribution is -2.53. The summed E-state index contributed by atoms with van der Waals surface area (Å²) in [5.74, 6) is -2.42. The molecule has 192 valence electrons. The summed E-state index contributed by atoms with van der Waals surface area (Å²) in [5.41, 5.74) is -1.28. The van der Waals surface area contributed by atoms with Crippen molar-refractivity contribution in [3.63, 3.8) is 0 Å². The fourth-order valence-corrected chi connectivity index (χ4v) is 6.47. The maximum atomic E-state index is 13.9. The van der Waals surface area contributed by atoms with Crippen LogP contribution in [0.4, 0.5) is 5.69 Å². The molecule has 3 saturated heterocycles. The molecular formula is C26H35ClN2O6. The molecule has 9 heteroatoms. The number of hydrogen-bond donors (Lipinski definition) is 2. The Morgan fingerprint density at radius 1 is 1.17 bits per heavy atom. The molecule has 2 N–H and O–H groups in total. The number of nitrogens with one attached hydrogen (secondary N) is 1. The topological polar surface area (TPSA) is 105 Å². The summed E-state index contributed by atoms with van der Waals surface area (Å²) in [4.78, 5) is 42.4. The lowest BCUT2D eigenvalue weighted by molar-refractivity contribution is -0.160. The van der Waals surface area contributed by atoms with Gasteiger partial charge in [-0.1, -0.05) is 31.4 Å². The number of aliphatic hydroxyl groups is 1. The fourth-order valence-electron chi connectivity index (χ4n) is 6.34. The standard InChI is InChI=1S/C26H35ClN2O6/c1-3-25-13-14-26(35-25)19(20(25)24(33)34-4-2)23(32)29(15-7-5-6-8-16-30)21(26)22(31)28-18-11-9-17(27)10-12-18/h9-12,19-21,30H,3-8,13-16H2,1-2H3,(H,28,31)/t19-,20-,21?,25+,26?/m0/s1. The van der Waals surface area contributed by atoms with Crippen molar-refractivity contribution in [2.45, 2.75) is 76.0 Å². The first-order valence-electron chi connectivity index (χ1n) is 12.7. The average Bonchev–Trinajstić information content (AvgIpc) is 3.44. The van der Waals surface area contributed by atoms with Crippen LogP contribution in [0.3, 0.4) is 0 Å². The van der Waals surface area contributed by atoms with Gasteiger partial charge >= 0.3 is 5.97 Å². The fraction of sp³-hybridized carbons (Fsp3) is 0.654. The van der Waals surface area contributed by atoms with E-state index in [0.717, 1.165) is 12.8 Å². The highest BCUT2D eigenvalue weighted by Gasteiger charge is 2.78. The molecule has 1 aromatic carbocycles. The van der Waals surface area contributed by atoms with E-state index in [1.165, 1.54) is 0 Å². The van der Waals surface area contributed by atoms with Gasteiger partial charge in [0.25, 0.3) is 0 Å². The molecule has 0 aliphatic carbocycles. The van der Waals surface area contributed by atoms with Crippen molar-refractivity contribution in [1.82, 2.24) is 4.90 Å². The van der Waals surface area contributed by atoms with Gasteiger partial charge in [0.1, 0.15) is 17.6 Å². The summed E-state index contributed by atoms with van der Waals surface area (Å²) in [5, 5.41) is 12.6. The number of aliphatic hydroxyl groups excluding tert-OH is 1. The third kappa shape index (κ3) is 4.45. The smallest absolute Gasteiger partial charge is 0.312 e. The highest BCUT2D eigenvalue weighted by Crippen LogP contribution is 2.64. The first kappa shape index (κ1) is 25.9. The van der Waals surface area contributed by atoms with Gasteiger partial charge < -0.3 is 24.8 Å². The van der Waals surface area contributed by atoms with Gasteiger partial charge in [0, 0.05) is 23.9 Å². The van der Waals surface area contributed by atoms with Crippen LogP contribution >= 0.6 is 11.6 Å². The molecule has 2 amide bonds. The number of carbonyl (C=O) groups is 3. The Kier molecular flexibility index (Phi) is 7.74. The zero-order valence-corrected chi connectivity index (χ0v) is 21.2. The number of likely N-dealkylation sites (tertiary alicyclic amines) is 1. The zero-order valence-electron chi connectivity index (χ0n) is 20.4. The number of amides is 2. The molecule has 3 heterocycles. The van der Waals surface area contributed by atoms with Crippen molar-refractivity contribution < 1.29 is 29.0 Å². The van der Waals surface area contributed by atoms with Crippen LogP contribution in [-0.4, -0.2) is 64.8 Å². The van der Waals surface area contributed by atoms with E-state index in [-0.39, 0.29) is 25.0 Å². The molecule has 2 unspecified atom stereocenters. The van der Waals surface area contributed by atoms with Crippen LogP contribution in [0.15, 0.2) is 24.3 Å². The molecule has 1 aromatic rings. The minimum atomic E-state index is -1.06. The van der Waals surface area contributed by atoms with Crippen molar-refractivity contribution in [3.05, 3.63) is 29.3 Å². The lowest BCUT2D eigenvalue weighted by atomic mass is 9.65. The Balaban J connectivity index is 1.66. The number of hydrogen-bond acceptors (Lipinski definition) is 6. The number of halogens is 1. The second-order valence-corrected chi connectivity index (χ2v) is 10.2. The van der Waals surface area contributed by atoms with E-state index in [4.69, 9.17) is 26.2 Å². The predicted molar refractivity (Wildman–Crippen MR) is 131 cm³/mol. The molecule has 5 atom stereocenters. The van der Waals surface area contributed by atoms with Gasteiger partial charge in [-0.05, 0) is 63.3 Å². The van der Waals surface area contributed by atoms with Crippen LogP contribution in [0.25, 0.3) is 0 Å². The molecule has 0 saturated carbocycles. The van der Waals surface area contributed by atoms with Crippen molar-refractivity contribution in [2.24, 2.45) is 11.8 Å². The number of carbonyl (C=O) groups excluding carboxylic acids is 3. The van der Waals surface area contributed by atoms with Crippen molar-refractivity contribution in [3.8, 4) is 0 Å². The number of benzene rings is 1. The Morgan fingerprint density at radius 3 is 2.54 bits per heavy atom. The molecule has 35 heavy (non-hydrogen) atoms. The lowest BCUT2D eigenvalue weighted by Gasteiger charge is -2.33. The number of unbranched alkanes of at least 4 members (excludes halogenated alkanes) is 3. The summed E-state index contributed by atoms with van der Waals surface area (Å²) < 4.78 is 12.1. The van der Waals surface area contributed by atoms with Gasteiger partial charge in [-0.15, -0.1) is 0 Å². The van der Waals surface area contributed by atoms with Crippen LogP contribution < -0.4 is 5.32 Å². The van der Waals surface area contributed by atoms with Gasteiger partial charge in [-0.3, -0.25) is 14.4 Å². The largest absolute Gasteiger partial charge is 0.466 e. The Labute approximate surface area is 211 Å². The maximum absolute atomic E-state index is 13.9. The van der Waals surface area contributed by atoms with Crippen LogP contribution in [0.5, 0.6) is 0 Å². The SMILES string of the molecule is CCOC(=O)[C@@H]1[C@H]2C(=O)N(CCCCCCO)C(C(=O)Nc3ccc(Cl)cc3)C23CC[C@@]1(CC)O3. The van der Waals surface area contributed by atoms with Gasteiger partial charge in [0.2, 0.25) is 11.8 Å². The monoisotopic (exact) mass is 506 g/mol. The van der Waals surface area contributed by atoms with E-state index >= 15 is 0 Å². The molecule has 2 bridgehead atoms. The zero-order chi connectivity index (χ0) is 25.2. The summed E-state index contributed by atoms with van der Waals surface area (Å²) >= 11 is 5.99. The van der Waals surface area contributed by atoms with Crippen LogP contribution in [-0.2, 0) is 23.9 Å². The van der Waals surface area contributed by atoms with E-state index in [9.17, 15) is 14.4 Å². The van der Waals surface area contributed by atoms with Gasteiger partial charge in [0.05, 0.1) is 18.1 Å². The molecule has 1 spiro atoms. The minimum Gasteiger partial charge on any atom is -0.466 e. The summed E-state index contributed by atoms with van der Waals surface area (Å²) in [6.45, 7) is 4.45. The van der Waals surface area contributed by atoms with Gasteiger partial charge in [-0.25, -0.2) is 0 Å². The molecule has 0 aromatic heterocycles. The Hall–Kier alpha value is -2.16. The van der Waals surface area contributed by atoms with Crippen LogP contribution in [0.1, 0.15) is 58.8 Å². The molecule has 3 fully saturated rings. The Bertz CT molecular complexity index is 956. The van der Waals surface area contributed by atoms with Crippen LogP contribution in [0.2, 0.25) is 5.02 Å². The highest BCUT2D eigenvalue weighted by molar-refractivity contribution is 6.30. The van der Waals surface area contributed by atoms with Crippen molar-refractivity contribution >= 4 is 35.1 Å². The van der Waals surface area contributed by atoms with E-state index in [0.29, 0.717) is 49.4 Å².